The summed E-state index contributed by atoms with van der Waals surface area (Å²) in [5, 5.41) is 0. The van der Waals surface area contributed by atoms with Crippen molar-refractivity contribution in [3.05, 3.63) is 23.0 Å². The first-order valence-corrected chi connectivity index (χ1v) is 8.36. The zero-order valence-electron chi connectivity index (χ0n) is 13.3. The van der Waals surface area contributed by atoms with Crippen LogP contribution in [0.3, 0.4) is 0 Å². The number of ether oxygens (including phenoxy) is 1. The van der Waals surface area contributed by atoms with Gasteiger partial charge in [-0.05, 0) is 62.7 Å². The molecule has 1 aromatic rings. The lowest BCUT2D eigenvalue weighted by atomic mass is 9.94. The summed E-state index contributed by atoms with van der Waals surface area (Å²) < 4.78 is 5.51. The summed E-state index contributed by atoms with van der Waals surface area (Å²) >= 11 is 0. The molecule has 114 valence electrons. The molecular formula is C18H26N2O. The second-order valence-electron chi connectivity index (χ2n) is 7.48. The molecule has 4 rings (SSSR count). The third-order valence-corrected chi connectivity index (χ3v) is 6.47. The standard InChI is InChI=1S/C18H26N2O/c1-9-8-20-14(10(2)18(9)21-3)7-13(19)17-15-11-4-5-12(6-11)16(15)17/h8,11-13,15-17H,4-7,19H2,1-3H3. The Balaban J connectivity index is 1.50. The van der Waals surface area contributed by atoms with Gasteiger partial charge in [0.25, 0.3) is 0 Å². The van der Waals surface area contributed by atoms with E-state index in [1.165, 1.54) is 24.8 Å². The molecule has 1 heterocycles. The fourth-order valence-electron chi connectivity index (χ4n) is 5.60. The summed E-state index contributed by atoms with van der Waals surface area (Å²) in [7, 11) is 1.74. The number of fused-ring (bicyclic) bond motifs is 5. The van der Waals surface area contributed by atoms with Crippen molar-refractivity contribution in [3.8, 4) is 5.75 Å². The molecule has 0 radical (unpaired) electrons. The zero-order chi connectivity index (χ0) is 14.7. The van der Waals surface area contributed by atoms with Crippen LogP contribution in [0.1, 0.15) is 36.1 Å². The molecular weight excluding hydrogens is 260 g/mol. The third kappa shape index (κ3) is 1.93. The predicted octanol–water partition coefficient (Wildman–Crippen LogP) is 2.87. The van der Waals surface area contributed by atoms with Crippen LogP contribution in [0.4, 0.5) is 0 Å². The number of hydrogen-bond acceptors (Lipinski definition) is 3. The van der Waals surface area contributed by atoms with E-state index in [1.54, 1.807) is 7.11 Å². The van der Waals surface area contributed by atoms with Crippen molar-refractivity contribution in [1.82, 2.24) is 4.98 Å². The molecule has 0 amide bonds. The van der Waals surface area contributed by atoms with Crippen LogP contribution in [-0.4, -0.2) is 18.1 Å². The average molecular weight is 286 g/mol. The minimum atomic E-state index is 0.280. The summed E-state index contributed by atoms with van der Waals surface area (Å²) in [5.74, 6) is 5.64. The quantitative estimate of drug-likeness (QED) is 0.926. The van der Waals surface area contributed by atoms with Crippen LogP contribution in [0.25, 0.3) is 0 Å². The largest absolute Gasteiger partial charge is 0.496 e. The Morgan fingerprint density at radius 2 is 1.95 bits per heavy atom. The van der Waals surface area contributed by atoms with Crippen molar-refractivity contribution < 1.29 is 4.74 Å². The Bertz CT molecular complexity index is 555. The molecule has 0 spiro atoms. The summed E-state index contributed by atoms with van der Waals surface area (Å²) in [6.07, 6.45) is 7.24. The topological polar surface area (TPSA) is 48.1 Å². The Labute approximate surface area is 127 Å². The van der Waals surface area contributed by atoms with Gasteiger partial charge in [-0.2, -0.15) is 0 Å². The third-order valence-electron chi connectivity index (χ3n) is 6.47. The maximum atomic E-state index is 6.57. The van der Waals surface area contributed by atoms with Crippen molar-refractivity contribution in [2.75, 3.05) is 7.11 Å². The van der Waals surface area contributed by atoms with E-state index in [1.807, 2.05) is 13.1 Å². The highest BCUT2D eigenvalue weighted by molar-refractivity contribution is 5.41. The van der Waals surface area contributed by atoms with Gasteiger partial charge >= 0.3 is 0 Å². The molecule has 21 heavy (non-hydrogen) atoms. The first-order valence-electron chi connectivity index (χ1n) is 8.36. The number of rotatable bonds is 4. The van der Waals surface area contributed by atoms with Crippen molar-refractivity contribution in [1.29, 1.82) is 0 Å². The molecule has 2 bridgehead atoms. The highest BCUT2D eigenvalue weighted by Gasteiger charge is 2.66. The van der Waals surface area contributed by atoms with E-state index >= 15 is 0 Å². The van der Waals surface area contributed by atoms with E-state index in [-0.39, 0.29) is 6.04 Å². The lowest BCUT2D eigenvalue weighted by Crippen LogP contribution is -2.29. The fourth-order valence-corrected chi connectivity index (χ4v) is 5.60. The van der Waals surface area contributed by atoms with E-state index in [2.05, 4.69) is 11.9 Å². The monoisotopic (exact) mass is 286 g/mol. The molecule has 1 aromatic heterocycles. The minimum absolute atomic E-state index is 0.280. The lowest BCUT2D eigenvalue weighted by molar-refractivity contribution is 0.399. The van der Waals surface area contributed by atoms with Gasteiger partial charge in [0.1, 0.15) is 5.75 Å². The van der Waals surface area contributed by atoms with E-state index < -0.39 is 0 Å². The Morgan fingerprint density at radius 3 is 2.57 bits per heavy atom. The SMILES string of the molecule is COc1c(C)cnc(CC(N)C2C3C4CCC(C4)C23)c1C. The molecule has 3 aliphatic carbocycles. The van der Waals surface area contributed by atoms with Crippen LogP contribution >= 0.6 is 0 Å². The van der Waals surface area contributed by atoms with Crippen molar-refractivity contribution in [2.45, 2.75) is 45.6 Å². The molecule has 3 fully saturated rings. The Kier molecular flexibility index (Phi) is 3.04. The van der Waals surface area contributed by atoms with Gasteiger partial charge in [0.2, 0.25) is 0 Å². The second-order valence-corrected chi connectivity index (χ2v) is 7.48. The molecule has 5 unspecified atom stereocenters. The molecule has 3 nitrogen and oxygen atoms in total. The first-order chi connectivity index (χ1) is 10.1. The minimum Gasteiger partial charge on any atom is -0.496 e. The van der Waals surface area contributed by atoms with Crippen molar-refractivity contribution in [2.24, 2.45) is 35.3 Å². The summed E-state index contributed by atoms with van der Waals surface area (Å²) in [5.41, 5.74) is 9.97. The molecule has 2 N–H and O–H groups in total. The predicted molar refractivity (Wildman–Crippen MR) is 83.2 cm³/mol. The lowest BCUT2D eigenvalue weighted by Gasteiger charge is -2.18. The van der Waals surface area contributed by atoms with Crippen molar-refractivity contribution in [3.63, 3.8) is 0 Å². The van der Waals surface area contributed by atoms with Crippen LogP contribution in [0, 0.1) is 43.4 Å². The van der Waals surface area contributed by atoms with E-state index in [0.717, 1.165) is 53.0 Å². The van der Waals surface area contributed by atoms with Crippen LogP contribution in [-0.2, 0) is 6.42 Å². The van der Waals surface area contributed by atoms with Gasteiger partial charge in [0.15, 0.2) is 0 Å². The number of aromatic nitrogens is 1. The highest BCUT2D eigenvalue weighted by atomic mass is 16.5. The number of methoxy groups -OCH3 is 1. The molecule has 3 aliphatic rings. The van der Waals surface area contributed by atoms with Crippen LogP contribution < -0.4 is 10.5 Å². The molecule has 3 saturated carbocycles. The maximum absolute atomic E-state index is 6.57. The van der Waals surface area contributed by atoms with E-state index in [9.17, 15) is 0 Å². The van der Waals surface area contributed by atoms with Crippen molar-refractivity contribution >= 4 is 0 Å². The molecule has 0 saturated heterocycles. The van der Waals surface area contributed by atoms with E-state index in [4.69, 9.17) is 10.5 Å². The maximum Gasteiger partial charge on any atom is 0.128 e. The van der Waals surface area contributed by atoms with Gasteiger partial charge in [-0.25, -0.2) is 0 Å². The normalized spacial score (nSPS) is 37.4. The zero-order valence-corrected chi connectivity index (χ0v) is 13.3. The Morgan fingerprint density at radius 1 is 1.29 bits per heavy atom. The van der Waals surface area contributed by atoms with Gasteiger partial charge in [-0.1, -0.05) is 0 Å². The van der Waals surface area contributed by atoms with Gasteiger partial charge in [0, 0.05) is 35.5 Å². The van der Waals surface area contributed by atoms with Gasteiger partial charge in [-0.3, -0.25) is 4.98 Å². The van der Waals surface area contributed by atoms with Crippen LogP contribution in [0.2, 0.25) is 0 Å². The number of nitrogens with zero attached hydrogens (tertiary/aromatic N) is 1. The first kappa shape index (κ1) is 13.6. The smallest absolute Gasteiger partial charge is 0.128 e. The molecule has 5 atom stereocenters. The number of nitrogens with two attached hydrogens (primary N) is 1. The van der Waals surface area contributed by atoms with Gasteiger partial charge < -0.3 is 10.5 Å². The number of aryl methyl sites for hydroxylation is 1. The molecule has 3 heteroatoms. The average Bonchev–Trinajstić information content (AvgIpc) is 2.91. The summed E-state index contributed by atoms with van der Waals surface area (Å²) in [6, 6.07) is 0.280. The number of hydrogen-bond donors (Lipinski definition) is 1. The van der Waals surface area contributed by atoms with Crippen LogP contribution in [0.15, 0.2) is 6.20 Å². The highest BCUT2D eigenvalue weighted by Crippen LogP contribution is 2.70. The molecule has 0 aliphatic heterocycles. The number of pyridine rings is 1. The van der Waals surface area contributed by atoms with Gasteiger partial charge in [0.05, 0.1) is 7.11 Å². The van der Waals surface area contributed by atoms with E-state index in [0.29, 0.717) is 0 Å². The van der Waals surface area contributed by atoms with Gasteiger partial charge in [-0.15, -0.1) is 0 Å². The Hall–Kier alpha value is -1.09. The van der Waals surface area contributed by atoms with Crippen LogP contribution in [0.5, 0.6) is 5.75 Å². The second kappa shape index (κ2) is 4.70. The fraction of sp³-hybridized carbons (Fsp3) is 0.722. The summed E-state index contributed by atoms with van der Waals surface area (Å²) in [4.78, 5) is 4.62. The summed E-state index contributed by atoms with van der Waals surface area (Å²) in [6.45, 7) is 4.16. The molecule has 0 aromatic carbocycles.